The third kappa shape index (κ3) is 3.27. The molecule has 0 aliphatic heterocycles. The Morgan fingerprint density at radius 3 is 2.24 bits per heavy atom. The fourth-order valence-electron chi connectivity index (χ4n) is 1.35. The minimum Gasteiger partial charge on any atom is -0.457 e. The number of benzene rings is 2. The average Bonchev–Trinajstić information content (AvgIpc) is 2.29. The second-order valence-corrected chi connectivity index (χ2v) is 4.34. The molecule has 0 spiro atoms. The van der Waals surface area contributed by atoms with Crippen molar-refractivity contribution < 1.29 is 13.5 Å². The molecule has 0 aromatic heterocycles. The molecule has 0 saturated carbocycles. The predicted octanol–water partition coefficient (Wildman–Crippen LogP) is 5.18. The molecule has 0 saturated heterocycles. The van der Waals surface area contributed by atoms with Crippen molar-refractivity contribution in [3.63, 3.8) is 0 Å². The lowest BCUT2D eigenvalue weighted by atomic mass is 10.2. The number of hydrogen-bond donors (Lipinski definition) is 0. The molecular formula is C13H9BrF2O. The maximum atomic E-state index is 12.3. The lowest BCUT2D eigenvalue weighted by molar-refractivity contribution is 0.151. The van der Waals surface area contributed by atoms with Crippen LogP contribution in [-0.4, -0.2) is 0 Å². The lowest BCUT2D eigenvalue weighted by Crippen LogP contribution is -1.86. The van der Waals surface area contributed by atoms with Gasteiger partial charge in [-0.05, 0) is 42.5 Å². The van der Waals surface area contributed by atoms with E-state index in [1.54, 1.807) is 12.1 Å². The summed E-state index contributed by atoms with van der Waals surface area (Å²) in [5.74, 6) is 1.19. The fourth-order valence-corrected chi connectivity index (χ4v) is 1.73. The molecule has 88 valence electrons. The highest BCUT2D eigenvalue weighted by Gasteiger charge is 2.06. The van der Waals surface area contributed by atoms with E-state index in [0.717, 1.165) is 4.47 Å². The smallest absolute Gasteiger partial charge is 0.263 e. The number of rotatable bonds is 3. The third-order valence-electron chi connectivity index (χ3n) is 2.16. The van der Waals surface area contributed by atoms with Crippen LogP contribution in [0.3, 0.4) is 0 Å². The van der Waals surface area contributed by atoms with Gasteiger partial charge in [-0.15, -0.1) is 0 Å². The Labute approximate surface area is 106 Å². The summed E-state index contributed by atoms with van der Waals surface area (Å²) in [6, 6.07) is 13.1. The number of hydrogen-bond acceptors (Lipinski definition) is 1. The molecule has 0 amide bonds. The van der Waals surface area contributed by atoms with E-state index in [2.05, 4.69) is 15.9 Å². The Balaban J connectivity index is 2.14. The van der Waals surface area contributed by atoms with Gasteiger partial charge in [-0.25, -0.2) is 8.78 Å². The summed E-state index contributed by atoms with van der Waals surface area (Å²) < 4.78 is 31.1. The maximum Gasteiger partial charge on any atom is 0.263 e. The van der Waals surface area contributed by atoms with Crippen LogP contribution in [0.2, 0.25) is 0 Å². The molecule has 0 atom stereocenters. The van der Waals surface area contributed by atoms with Crippen molar-refractivity contribution in [1.29, 1.82) is 0 Å². The van der Waals surface area contributed by atoms with Crippen LogP contribution in [0.1, 0.15) is 12.0 Å². The quantitative estimate of drug-likeness (QED) is 0.759. The Morgan fingerprint density at radius 1 is 0.941 bits per heavy atom. The summed E-state index contributed by atoms with van der Waals surface area (Å²) in [4.78, 5) is 0. The van der Waals surface area contributed by atoms with Gasteiger partial charge in [0.05, 0.1) is 0 Å². The van der Waals surface area contributed by atoms with Crippen LogP contribution < -0.4 is 4.74 Å². The summed E-state index contributed by atoms with van der Waals surface area (Å²) in [6.45, 7) is 0. The van der Waals surface area contributed by atoms with Gasteiger partial charge in [0.2, 0.25) is 0 Å². The van der Waals surface area contributed by atoms with Gasteiger partial charge in [0, 0.05) is 10.0 Å². The Morgan fingerprint density at radius 2 is 1.65 bits per heavy atom. The molecule has 17 heavy (non-hydrogen) atoms. The van der Waals surface area contributed by atoms with Crippen molar-refractivity contribution in [1.82, 2.24) is 0 Å². The van der Waals surface area contributed by atoms with Gasteiger partial charge in [-0.3, -0.25) is 0 Å². The van der Waals surface area contributed by atoms with Gasteiger partial charge >= 0.3 is 0 Å². The highest BCUT2D eigenvalue weighted by atomic mass is 79.9. The van der Waals surface area contributed by atoms with Gasteiger partial charge in [0.15, 0.2) is 0 Å². The van der Waals surface area contributed by atoms with Crippen molar-refractivity contribution in [3.8, 4) is 11.5 Å². The molecule has 2 aromatic carbocycles. The van der Waals surface area contributed by atoms with Crippen LogP contribution in [0.25, 0.3) is 0 Å². The maximum absolute atomic E-state index is 12.3. The molecule has 4 heteroatoms. The SMILES string of the molecule is FC(F)c1ccc(Oc2cccc(Br)c2)cc1. The molecule has 0 radical (unpaired) electrons. The molecule has 0 aliphatic rings. The summed E-state index contributed by atoms with van der Waals surface area (Å²) >= 11 is 3.33. The van der Waals surface area contributed by atoms with Crippen molar-refractivity contribution in [2.45, 2.75) is 6.43 Å². The minimum atomic E-state index is -2.45. The zero-order valence-electron chi connectivity index (χ0n) is 8.74. The van der Waals surface area contributed by atoms with Crippen LogP contribution in [0.15, 0.2) is 53.0 Å². The van der Waals surface area contributed by atoms with Gasteiger partial charge in [-0.1, -0.05) is 22.0 Å². The number of ether oxygens (including phenoxy) is 1. The molecule has 0 aliphatic carbocycles. The summed E-state index contributed by atoms with van der Waals surface area (Å²) in [7, 11) is 0. The number of halogens is 3. The fraction of sp³-hybridized carbons (Fsp3) is 0.0769. The number of alkyl halides is 2. The molecule has 1 nitrogen and oxygen atoms in total. The first-order chi connectivity index (χ1) is 8.15. The molecule has 0 unspecified atom stereocenters. The second kappa shape index (κ2) is 5.27. The summed E-state index contributed by atoms with van der Waals surface area (Å²) in [5.41, 5.74) is -0.00778. The summed E-state index contributed by atoms with van der Waals surface area (Å²) in [6.07, 6.45) is -2.45. The first-order valence-corrected chi connectivity index (χ1v) is 5.76. The normalized spacial score (nSPS) is 10.6. The van der Waals surface area contributed by atoms with E-state index in [1.165, 1.54) is 24.3 Å². The predicted molar refractivity (Wildman–Crippen MR) is 65.6 cm³/mol. The largest absolute Gasteiger partial charge is 0.457 e. The van der Waals surface area contributed by atoms with Crippen molar-refractivity contribution >= 4 is 15.9 Å². The highest BCUT2D eigenvalue weighted by Crippen LogP contribution is 2.26. The molecule has 0 N–H and O–H groups in total. The first-order valence-electron chi connectivity index (χ1n) is 4.97. The highest BCUT2D eigenvalue weighted by molar-refractivity contribution is 9.10. The van der Waals surface area contributed by atoms with Crippen LogP contribution in [-0.2, 0) is 0 Å². The second-order valence-electron chi connectivity index (χ2n) is 3.43. The van der Waals surface area contributed by atoms with E-state index >= 15 is 0 Å². The van der Waals surface area contributed by atoms with E-state index in [4.69, 9.17) is 4.74 Å². The Bertz CT molecular complexity index is 497. The first kappa shape index (κ1) is 12.0. The van der Waals surface area contributed by atoms with E-state index in [-0.39, 0.29) is 5.56 Å². The standard InChI is InChI=1S/C13H9BrF2O/c14-10-2-1-3-12(8-10)17-11-6-4-9(5-7-11)13(15)16/h1-8,13H. The van der Waals surface area contributed by atoms with Crippen LogP contribution in [0, 0.1) is 0 Å². The van der Waals surface area contributed by atoms with Gasteiger partial charge in [-0.2, -0.15) is 0 Å². The summed E-state index contributed by atoms with van der Waals surface area (Å²) in [5, 5.41) is 0. The third-order valence-corrected chi connectivity index (χ3v) is 2.66. The van der Waals surface area contributed by atoms with Gasteiger partial charge < -0.3 is 4.74 Å². The van der Waals surface area contributed by atoms with E-state index in [1.807, 2.05) is 12.1 Å². The zero-order valence-corrected chi connectivity index (χ0v) is 10.3. The average molecular weight is 299 g/mol. The van der Waals surface area contributed by atoms with Crippen LogP contribution in [0.4, 0.5) is 8.78 Å². The van der Waals surface area contributed by atoms with Crippen LogP contribution >= 0.6 is 15.9 Å². The van der Waals surface area contributed by atoms with E-state index in [9.17, 15) is 8.78 Å². The van der Waals surface area contributed by atoms with Gasteiger partial charge in [0.25, 0.3) is 6.43 Å². The monoisotopic (exact) mass is 298 g/mol. The molecule has 2 aromatic rings. The molecule has 2 rings (SSSR count). The van der Waals surface area contributed by atoms with Crippen molar-refractivity contribution in [2.75, 3.05) is 0 Å². The lowest BCUT2D eigenvalue weighted by Gasteiger charge is -2.06. The van der Waals surface area contributed by atoms with Crippen LogP contribution in [0.5, 0.6) is 11.5 Å². The van der Waals surface area contributed by atoms with Crippen molar-refractivity contribution in [2.24, 2.45) is 0 Å². The van der Waals surface area contributed by atoms with E-state index in [0.29, 0.717) is 11.5 Å². The Kier molecular flexibility index (Phi) is 3.74. The van der Waals surface area contributed by atoms with Crippen molar-refractivity contribution in [3.05, 3.63) is 58.6 Å². The molecule has 0 heterocycles. The molecule has 0 fully saturated rings. The molecular weight excluding hydrogens is 290 g/mol. The topological polar surface area (TPSA) is 9.23 Å². The van der Waals surface area contributed by atoms with Gasteiger partial charge in [0.1, 0.15) is 11.5 Å². The minimum absolute atomic E-state index is 0.00778. The van der Waals surface area contributed by atoms with E-state index < -0.39 is 6.43 Å². The molecule has 0 bridgehead atoms. The zero-order chi connectivity index (χ0) is 12.3. The Hall–Kier alpha value is -1.42.